The van der Waals surface area contributed by atoms with Gasteiger partial charge in [-0.3, -0.25) is 0 Å². The number of hydrogen-bond acceptors (Lipinski definition) is 4. The summed E-state index contributed by atoms with van der Waals surface area (Å²) in [5.74, 6) is -0.0938. The van der Waals surface area contributed by atoms with Gasteiger partial charge in [-0.2, -0.15) is 0 Å². The maximum atomic E-state index is 12.3. The summed E-state index contributed by atoms with van der Waals surface area (Å²) < 4.78 is 10.2. The van der Waals surface area contributed by atoms with Crippen molar-refractivity contribution in [2.45, 2.75) is 19.8 Å². The van der Waals surface area contributed by atoms with E-state index in [2.05, 4.69) is 17.0 Å². The van der Waals surface area contributed by atoms with Crippen LogP contribution in [0.1, 0.15) is 30.1 Å². The fraction of sp³-hybridized carbons (Fsp3) is 0.529. The molecule has 0 aliphatic carbocycles. The van der Waals surface area contributed by atoms with Gasteiger partial charge >= 0.3 is 12.0 Å². The number of amides is 2. The van der Waals surface area contributed by atoms with E-state index in [1.54, 1.807) is 17.0 Å². The smallest absolute Gasteiger partial charge is 0.337 e. The minimum atomic E-state index is -0.468. The zero-order chi connectivity index (χ0) is 17.5. The fourth-order valence-corrected chi connectivity index (χ4v) is 2.83. The number of nitrogens with one attached hydrogen (secondary N) is 1. The van der Waals surface area contributed by atoms with Crippen LogP contribution in [-0.2, 0) is 9.47 Å². The Balaban J connectivity index is 1.90. The third-order valence-corrected chi connectivity index (χ3v) is 4.22. The lowest BCUT2D eigenvalue weighted by atomic mass is 10.1. The van der Waals surface area contributed by atoms with Crippen LogP contribution in [0.5, 0.6) is 0 Å². The van der Waals surface area contributed by atoms with Gasteiger partial charge in [0.2, 0.25) is 0 Å². The van der Waals surface area contributed by atoms with E-state index in [9.17, 15) is 9.59 Å². The number of urea groups is 1. The summed E-state index contributed by atoms with van der Waals surface area (Å²) in [5, 5.41) is 3.09. The Hall–Kier alpha value is -1.79. The number of methoxy groups -OCH3 is 1. The molecule has 2 amide bonds. The van der Waals surface area contributed by atoms with Gasteiger partial charge in [-0.15, -0.1) is 0 Å². The normalized spacial score (nSPS) is 17.0. The lowest BCUT2D eigenvalue weighted by Crippen LogP contribution is -2.33. The number of carbonyl (C=O) groups is 2. The average molecular weight is 355 g/mol. The molecule has 1 aliphatic heterocycles. The summed E-state index contributed by atoms with van der Waals surface area (Å²) in [6, 6.07) is 4.46. The number of nitrogens with zero attached hydrogens (tertiary/aromatic N) is 1. The molecule has 1 heterocycles. The number of halogens is 1. The maximum Gasteiger partial charge on any atom is 0.337 e. The van der Waals surface area contributed by atoms with Crippen LogP contribution in [0, 0.1) is 5.92 Å². The number of esters is 1. The molecular formula is C17H23ClN2O4. The van der Waals surface area contributed by atoms with E-state index in [0.717, 1.165) is 19.4 Å². The Kier molecular flexibility index (Phi) is 6.87. The van der Waals surface area contributed by atoms with Crippen molar-refractivity contribution in [1.82, 2.24) is 4.90 Å². The third kappa shape index (κ3) is 4.85. The number of hydrogen-bond donors (Lipinski definition) is 1. The molecule has 1 atom stereocenters. The van der Waals surface area contributed by atoms with Gasteiger partial charge < -0.3 is 19.7 Å². The van der Waals surface area contributed by atoms with Gasteiger partial charge in [-0.25, -0.2) is 9.59 Å². The lowest BCUT2D eigenvalue weighted by molar-refractivity contribution is 0.0600. The highest BCUT2D eigenvalue weighted by Gasteiger charge is 2.26. The summed E-state index contributed by atoms with van der Waals surface area (Å²) in [7, 11) is 1.31. The topological polar surface area (TPSA) is 67.9 Å². The molecule has 1 aromatic carbocycles. The second kappa shape index (κ2) is 8.89. The van der Waals surface area contributed by atoms with Crippen LogP contribution in [0.4, 0.5) is 10.5 Å². The Bertz CT molecular complexity index is 594. The van der Waals surface area contributed by atoms with Crippen molar-refractivity contribution in [3.63, 3.8) is 0 Å². The first kappa shape index (κ1) is 18.5. The van der Waals surface area contributed by atoms with E-state index in [0.29, 0.717) is 41.9 Å². The first-order chi connectivity index (χ1) is 11.5. The summed E-state index contributed by atoms with van der Waals surface area (Å²) in [5.41, 5.74) is 0.815. The Labute approximate surface area is 147 Å². The largest absolute Gasteiger partial charge is 0.465 e. The Morgan fingerprint density at radius 1 is 1.42 bits per heavy atom. The molecule has 6 nitrogen and oxygen atoms in total. The van der Waals surface area contributed by atoms with Crippen molar-refractivity contribution in [1.29, 1.82) is 0 Å². The average Bonchev–Trinajstić information content (AvgIpc) is 3.05. The first-order valence-corrected chi connectivity index (χ1v) is 8.44. The van der Waals surface area contributed by atoms with Crippen LogP contribution in [-0.4, -0.2) is 50.3 Å². The molecule has 0 unspecified atom stereocenters. The SMILES string of the molecule is CCCOC[C@@H]1CCN(C(=O)Nc2ccc(C(=O)OC)cc2Cl)C1. The molecule has 1 N–H and O–H groups in total. The lowest BCUT2D eigenvalue weighted by Gasteiger charge is -2.18. The molecule has 0 bridgehead atoms. The van der Waals surface area contributed by atoms with Gasteiger partial charge in [-0.1, -0.05) is 18.5 Å². The summed E-state index contributed by atoms with van der Waals surface area (Å²) in [6.07, 6.45) is 1.93. The van der Waals surface area contributed by atoms with Gasteiger partial charge in [0, 0.05) is 25.6 Å². The molecule has 2 rings (SSSR count). The molecule has 0 spiro atoms. The predicted molar refractivity (Wildman–Crippen MR) is 92.6 cm³/mol. The molecule has 7 heteroatoms. The van der Waals surface area contributed by atoms with Crippen molar-refractivity contribution in [3.8, 4) is 0 Å². The van der Waals surface area contributed by atoms with E-state index in [-0.39, 0.29) is 6.03 Å². The van der Waals surface area contributed by atoms with Crippen LogP contribution in [0.2, 0.25) is 5.02 Å². The summed E-state index contributed by atoms with van der Waals surface area (Å²) in [4.78, 5) is 25.6. The maximum absolute atomic E-state index is 12.3. The number of likely N-dealkylation sites (tertiary alicyclic amines) is 1. The monoisotopic (exact) mass is 354 g/mol. The molecule has 1 fully saturated rings. The van der Waals surface area contributed by atoms with E-state index in [1.165, 1.54) is 13.2 Å². The van der Waals surface area contributed by atoms with Crippen LogP contribution in [0.25, 0.3) is 0 Å². The number of anilines is 1. The molecule has 0 aromatic heterocycles. The van der Waals surface area contributed by atoms with E-state index >= 15 is 0 Å². The molecule has 0 radical (unpaired) electrons. The van der Waals surface area contributed by atoms with Gasteiger partial charge in [0.05, 0.1) is 30.0 Å². The molecule has 1 saturated heterocycles. The number of carbonyl (C=O) groups excluding carboxylic acids is 2. The predicted octanol–water partition coefficient (Wildman–Crippen LogP) is 3.41. The van der Waals surface area contributed by atoms with Crippen molar-refractivity contribution in [2.75, 3.05) is 38.7 Å². The van der Waals surface area contributed by atoms with Gasteiger partial charge in [-0.05, 0) is 31.0 Å². The van der Waals surface area contributed by atoms with Gasteiger partial charge in [0.1, 0.15) is 0 Å². The van der Waals surface area contributed by atoms with Gasteiger partial charge in [0.25, 0.3) is 0 Å². The highest BCUT2D eigenvalue weighted by atomic mass is 35.5. The van der Waals surface area contributed by atoms with Crippen molar-refractivity contribution >= 4 is 29.3 Å². The fourth-order valence-electron chi connectivity index (χ4n) is 2.60. The highest BCUT2D eigenvalue weighted by molar-refractivity contribution is 6.34. The molecule has 132 valence electrons. The number of benzene rings is 1. The second-order valence-corrected chi connectivity index (χ2v) is 6.20. The quantitative estimate of drug-likeness (QED) is 0.628. The van der Waals surface area contributed by atoms with Gasteiger partial charge in [0.15, 0.2) is 0 Å². The van der Waals surface area contributed by atoms with E-state index in [4.69, 9.17) is 16.3 Å². The molecule has 24 heavy (non-hydrogen) atoms. The molecule has 0 saturated carbocycles. The standard InChI is InChI=1S/C17H23ClN2O4/c1-3-8-24-11-12-6-7-20(10-12)17(22)19-15-5-4-13(9-14(15)18)16(21)23-2/h4-5,9,12H,3,6-8,10-11H2,1-2H3,(H,19,22)/t12-/m1/s1. The molecule has 1 aliphatic rings. The van der Waals surface area contributed by atoms with Crippen molar-refractivity contribution in [2.24, 2.45) is 5.92 Å². The molecule has 1 aromatic rings. The third-order valence-electron chi connectivity index (χ3n) is 3.91. The van der Waals surface area contributed by atoms with Crippen LogP contribution in [0.15, 0.2) is 18.2 Å². The van der Waals surface area contributed by atoms with E-state index in [1.807, 2.05) is 0 Å². The molecular weight excluding hydrogens is 332 g/mol. The van der Waals surface area contributed by atoms with E-state index < -0.39 is 5.97 Å². The second-order valence-electron chi connectivity index (χ2n) is 5.79. The van der Waals surface area contributed by atoms with Crippen molar-refractivity contribution in [3.05, 3.63) is 28.8 Å². The summed E-state index contributed by atoms with van der Waals surface area (Å²) in [6.45, 7) is 4.89. The minimum Gasteiger partial charge on any atom is -0.465 e. The van der Waals surface area contributed by atoms with Crippen LogP contribution >= 0.6 is 11.6 Å². The first-order valence-electron chi connectivity index (χ1n) is 8.06. The zero-order valence-electron chi connectivity index (χ0n) is 14.0. The van der Waals surface area contributed by atoms with Crippen LogP contribution in [0.3, 0.4) is 0 Å². The summed E-state index contributed by atoms with van der Waals surface area (Å²) >= 11 is 6.13. The van der Waals surface area contributed by atoms with Crippen molar-refractivity contribution < 1.29 is 19.1 Å². The van der Waals surface area contributed by atoms with Crippen LogP contribution < -0.4 is 5.32 Å². The number of ether oxygens (including phenoxy) is 2. The minimum absolute atomic E-state index is 0.194. The Morgan fingerprint density at radius 3 is 2.88 bits per heavy atom. The highest BCUT2D eigenvalue weighted by Crippen LogP contribution is 2.25. The Morgan fingerprint density at radius 2 is 2.21 bits per heavy atom. The zero-order valence-corrected chi connectivity index (χ0v) is 14.8. The number of rotatable bonds is 6.